The minimum Gasteiger partial charge on any atom is -0.396 e. The summed E-state index contributed by atoms with van der Waals surface area (Å²) < 4.78 is 0. The van der Waals surface area contributed by atoms with Crippen molar-refractivity contribution in [1.82, 2.24) is 5.32 Å². The topological polar surface area (TPSA) is 78.5 Å². The van der Waals surface area contributed by atoms with Gasteiger partial charge in [0.25, 0.3) is 0 Å². The fraction of sp³-hybridized carbons (Fsp3) is 0.800. The second kappa shape index (κ2) is 5.40. The highest BCUT2D eigenvalue weighted by atomic mass is 32.1. The lowest BCUT2D eigenvalue weighted by Gasteiger charge is -2.10. The average Bonchev–Trinajstić information content (AvgIpc) is 1.90. The van der Waals surface area contributed by atoms with Crippen molar-refractivity contribution in [2.24, 2.45) is 11.7 Å². The van der Waals surface area contributed by atoms with Crippen molar-refractivity contribution in [3.8, 4) is 0 Å². The Balaban J connectivity index is 3.34. The predicted octanol–water partition coefficient (Wildman–Crippen LogP) is -1.58. The van der Waals surface area contributed by atoms with E-state index < -0.39 is 0 Å². The van der Waals surface area contributed by atoms with Crippen LogP contribution >= 0.6 is 12.2 Å². The van der Waals surface area contributed by atoms with E-state index in [1.807, 2.05) is 0 Å². The molecule has 0 atom stereocenters. The molecule has 5 heteroatoms. The minimum atomic E-state index is -0.179. The molecule has 60 valence electrons. The zero-order valence-corrected chi connectivity index (χ0v) is 6.40. The molecule has 0 spiro atoms. The third-order valence-corrected chi connectivity index (χ3v) is 1.23. The van der Waals surface area contributed by atoms with E-state index in [0.29, 0.717) is 6.54 Å². The summed E-state index contributed by atoms with van der Waals surface area (Å²) in [5.41, 5.74) is 5.11. The molecule has 10 heavy (non-hydrogen) atoms. The lowest BCUT2D eigenvalue weighted by Crippen LogP contribution is -2.35. The van der Waals surface area contributed by atoms with Gasteiger partial charge >= 0.3 is 0 Å². The Hall–Kier alpha value is -0.390. The molecular weight excluding hydrogens is 152 g/mol. The van der Waals surface area contributed by atoms with E-state index in [-0.39, 0.29) is 24.2 Å². The molecule has 0 aliphatic heterocycles. The number of thiocarbonyl (C=S) groups is 1. The van der Waals surface area contributed by atoms with Gasteiger partial charge in [0.05, 0.1) is 0 Å². The van der Waals surface area contributed by atoms with Gasteiger partial charge in [-0.3, -0.25) is 0 Å². The van der Waals surface area contributed by atoms with Crippen molar-refractivity contribution in [2.75, 3.05) is 19.8 Å². The van der Waals surface area contributed by atoms with Gasteiger partial charge in [0.2, 0.25) is 0 Å². The van der Waals surface area contributed by atoms with Gasteiger partial charge in [-0.15, -0.1) is 0 Å². The number of nitrogens with two attached hydrogens (primary N) is 1. The Morgan fingerprint density at radius 3 is 2.30 bits per heavy atom. The number of aliphatic hydroxyl groups is 2. The van der Waals surface area contributed by atoms with Crippen molar-refractivity contribution in [3.63, 3.8) is 0 Å². The maximum atomic E-state index is 8.55. The Bertz CT molecular complexity index is 106. The van der Waals surface area contributed by atoms with Crippen LogP contribution in [0.25, 0.3) is 0 Å². The van der Waals surface area contributed by atoms with Crippen molar-refractivity contribution in [2.45, 2.75) is 0 Å². The largest absolute Gasteiger partial charge is 0.396 e. The number of aliphatic hydroxyl groups excluding tert-OH is 2. The molecule has 0 heterocycles. The number of hydrogen-bond acceptors (Lipinski definition) is 3. The fourth-order valence-electron chi connectivity index (χ4n) is 0.432. The molecule has 0 saturated heterocycles. The number of hydrogen-bond donors (Lipinski definition) is 4. The van der Waals surface area contributed by atoms with Gasteiger partial charge < -0.3 is 21.3 Å². The van der Waals surface area contributed by atoms with Crippen LogP contribution in [0.1, 0.15) is 0 Å². The first-order valence-corrected chi connectivity index (χ1v) is 3.36. The van der Waals surface area contributed by atoms with Gasteiger partial charge in [-0.2, -0.15) is 0 Å². The molecule has 0 radical (unpaired) electrons. The van der Waals surface area contributed by atoms with E-state index in [4.69, 9.17) is 15.9 Å². The fourth-order valence-corrected chi connectivity index (χ4v) is 0.515. The lowest BCUT2D eigenvalue weighted by atomic mass is 10.2. The van der Waals surface area contributed by atoms with Gasteiger partial charge in [0.15, 0.2) is 5.11 Å². The highest BCUT2D eigenvalue weighted by Crippen LogP contribution is 1.88. The zero-order valence-electron chi connectivity index (χ0n) is 5.58. The highest BCUT2D eigenvalue weighted by molar-refractivity contribution is 7.80. The average molecular weight is 164 g/mol. The summed E-state index contributed by atoms with van der Waals surface area (Å²) in [7, 11) is 0. The SMILES string of the molecule is NC(=S)NCC(CO)CO. The van der Waals surface area contributed by atoms with Gasteiger partial charge in [0, 0.05) is 25.7 Å². The van der Waals surface area contributed by atoms with Crippen molar-refractivity contribution < 1.29 is 10.2 Å². The van der Waals surface area contributed by atoms with Crippen LogP contribution in [-0.2, 0) is 0 Å². The number of nitrogens with one attached hydrogen (secondary N) is 1. The van der Waals surface area contributed by atoms with Crippen LogP contribution < -0.4 is 11.1 Å². The molecule has 0 aromatic rings. The van der Waals surface area contributed by atoms with E-state index >= 15 is 0 Å². The van der Waals surface area contributed by atoms with Crippen LogP contribution in [0.3, 0.4) is 0 Å². The second-order valence-electron chi connectivity index (χ2n) is 1.98. The molecule has 0 fully saturated rings. The smallest absolute Gasteiger partial charge is 0.163 e. The third kappa shape index (κ3) is 4.49. The van der Waals surface area contributed by atoms with E-state index in [0.717, 1.165) is 0 Å². The Kier molecular flexibility index (Phi) is 5.19. The molecule has 0 saturated carbocycles. The lowest BCUT2D eigenvalue weighted by molar-refractivity contribution is 0.152. The first-order chi connectivity index (χ1) is 4.70. The second-order valence-corrected chi connectivity index (χ2v) is 2.42. The summed E-state index contributed by atoms with van der Waals surface area (Å²) in [5, 5.41) is 19.9. The summed E-state index contributed by atoms with van der Waals surface area (Å²) in [4.78, 5) is 0. The zero-order chi connectivity index (χ0) is 7.98. The van der Waals surface area contributed by atoms with E-state index in [2.05, 4.69) is 17.5 Å². The monoisotopic (exact) mass is 164 g/mol. The van der Waals surface area contributed by atoms with E-state index in [9.17, 15) is 0 Å². The number of rotatable bonds is 4. The molecule has 5 N–H and O–H groups in total. The summed E-state index contributed by atoms with van der Waals surface area (Å²) in [6.07, 6.45) is 0. The summed E-state index contributed by atoms with van der Waals surface area (Å²) >= 11 is 4.51. The Morgan fingerprint density at radius 1 is 1.50 bits per heavy atom. The normalized spacial score (nSPS) is 9.90. The van der Waals surface area contributed by atoms with E-state index in [1.54, 1.807) is 0 Å². The summed E-state index contributed by atoms with van der Waals surface area (Å²) in [6, 6.07) is 0. The van der Waals surface area contributed by atoms with Crippen LogP contribution in [0, 0.1) is 5.92 Å². The molecule has 4 nitrogen and oxygen atoms in total. The first-order valence-electron chi connectivity index (χ1n) is 2.95. The minimum absolute atomic E-state index is 0.0634. The van der Waals surface area contributed by atoms with Crippen LogP contribution in [0.15, 0.2) is 0 Å². The van der Waals surface area contributed by atoms with Gasteiger partial charge in [-0.05, 0) is 12.2 Å². The molecule has 0 aliphatic rings. The molecule has 0 amide bonds. The predicted molar refractivity (Wildman–Crippen MR) is 42.4 cm³/mol. The van der Waals surface area contributed by atoms with Crippen LogP contribution in [0.4, 0.5) is 0 Å². The molecular formula is C5H12N2O2S. The molecule has 0 aromatic carbocycles. The standard InChI is InChI=1S/C5H12N2O2S/c6-5(10)7-1-4(2-8)3-9/h4,8-9H,1-3H2,(H3,6,7,10). The van der Waals surface area contributed by atoms with Crippen LogP contribution in [0.2, 0.25) is 0 Å². The Labute approximate surface area is 65.0 Å². The maximum Gasteiger partial charge on any atom is 0.163 e. The van der Waals surface area contributed by atoms with Gasteiger partial charge in [-0.1, -0.05) is 0 Å². The molecule has 0 aliphatic carbocycles. The van der Waals surface area contributed by atoms with Gasteiger partial charge in [0.1, 0.15) is 0 Å². The molecule has 0 bridgehead atoms. The Morgan fingerprint density at radius 2 is 2.00 bits per heavy atom. The maximum absolute atomic E-state index is 8.55. The molecule has 0 aromatic heterocycles. The summed E-state index contributed by atoms with van der Waals surface area (Å²) in [5.74, 6) is -0.179. The van der Waals surface area contributed by atoms with Crippen LogP contribution in [0.5, 0.6) is 0 Å². The highest BCUT2D eigenvalue weighted by Gasteiger charge is 2.03. The van der Waals surface area contributed by atoms with Crippen LogP contribution in [-0.4, -0.2) is 35.1 Å². The first kappa shape index (κ1) is 9.61. The molecule has 0 rings (SSSR count). The van der Waals surface area contributed by atoms with Crippen molar-refractivity contribution >= 4 is 17.3 Å². The van der Waals surface area contributed by atoms with Crippen molar-refractivity contribution in [3.05, 3.63) is 0 Å². The quantitative estimate of drug-likeness (QED) is 0.377. The van der Waals surface area contributed by atoms with E-state index in [1.165, 1.54) is 0 Å². The third-order valence-electron chi connectivity index (χ3n) is 1.08. The van der Waals surface area contributed by atoms with Crippen molar-refractivity contribution in [1.29, 1.82) is 0 Å². The summed E-state index contributed by atoms with van der Waals surface area (Å²) in [6.45, 7) is 0.292. The van der Waals surface area contributed by atoms with Gasteiger partial charge in [-0.25, -0.2) is 0 Å². The molecule has 0 unspecified atom stereocenters.